The third-order valence-electron chi connectivity index (χ3n) is 5.74. The molecule has 0 N–H and O–H groups in total. The van der Waals surface area contributed by atoms with Crippen LogP contribution < -0.4 is 0 Å². The van der Waals surface area contributed by atoms with E-state index in [1.54, 1.807) is 60.0 Å². The summed E-state index contributed by atoms with van der Waals surface area (Å²) in [7, 11) is -3.34. The molecule has 0 saturated heterocycles. The Bertz CT molecular complexity index is 1670. The Morgan fingerprint density at radius 3 is 2.43 bits per heavy atom. The lowest BCUT2D eigenvalue weighted by molar-refractivity contribution is 0.585. The maximum absolute atomic E-state index is 14.6. The summed E-state index contributed by atoms with van der Waals surface area (Å²) in [5.41, 5.74) is 4.10. The summed E-state index contributed by atoms with van der Waals surface area (Å²) in [6.45, 7) is 3.38. The Morgan fingerprint density at radius 2 is 1.74 bits per heavy atom. The van der Waals surface area contributed by atoms with Crippen molar-refractivity contribution in [2.24, 2.45) is 0 Å². The van der Waals surface area contributed by atoms with E-state index in [1.807, 2.05) is 12.1 Å². The van der Waals surface area contributed by atoms with Gasteiger partial charge < -0.3 is 0 Å². The van der Waals surface area contributed by atoms with Gasteiger partial charge in [0.1, 0.15) is 23.8 Å². The van der Waals surface area contributed by atoms with Crippen LogP contribution in [0.2, 0.25) is 0 Å². The van der Waals surface area contributed by atoms with Crippen molar-refractivity contribution < 1.29 is 17.2 Å². The smallest absolute Gasteiger partial charge is 0.154 e. The minimum atomic E-state index is -3.34. The van der Waals surface area contributed by atoms with Crippen LogP contribution in [0, 0.1) is 18.6 Å². The van der Waals surface area contributed by atoms with E-state index in [-0.39, 0.29) is 17.1 Å². The number of fused-ring (bicyclic) bond motifs is 1. The molecule has 3 aromatic heterocycles. The average molecular weight is 494 g/mol. The van der Waals surface area contributed by atoms with Crippen molar-refractivity contribution in [3.8, 4) is 27.9 Å². The molecule has 0 bridgehead atoms. The summed E-state index contributed by atoms with van der Waals surface area (Å²) in [5, 5.41) is 8.76. The molecule has 7 nitrogen and oxygen atoms in total. The summed E-state index contributed by atoms with van der Waals surface area (Å²) < 4.78 is 56.2. The maximum atomic E-state index is 14.6. The largest absolute Gasteiger partial charge is 0.238 e. The summed E-state index contributed by atoms with van der Waals surface area (Å²) in [5.74, 6) is -0.970. The highest BCUT2D eigenvalue weighted by atomic mass is 32.2. The van der Waals surface area contributed by atoms with Gasteiger partial charge in [-0.15, -0.1) is 0 Å². The molecule has 178 valence electrons. The molecule has 5 rings (SSSR count). The molecular weight excluding hydrogens is 472 g/mol. The van der Waals surface area contributed by atoms with E-state index in [0.717, 1.165) is 22.8 Å². The highest BCUT2D eigenvalue weighted by molar-refractivity contribution is 7.90. The average Bonchev–Trinajstić information content (AvgIpc) is 3.44. The topological polar surface area (TPSA) is 82.1 Å². The predicted octanol–water partition coefficient (Wildman–Crippen LogP) is 4.77. The maximum Gasteiger partial charge on any atom is 0.154 e. The van der Waals surface area contributed by atoms with Crippen LogP contribution in [-0.4, -0.2) is 38.5 Å². The lowest BCUT2D eigenvalue weighted by Crippen LogP contribution is -2.07. The van der Waals surface area contributed by atoms with Gasteiger partial charge in [0.05, 0.1) is 29.4 Å². The standard InChI is InChI=1S/C25H21F2N5O2S/c1-3-35(33,34)14-17-8-18(22-6-4-20(26)11-24(22)27)10-19(9-17)23-12-29-31-13-21(5-7-25(23)31)32-15-28-16(2)30-32/h4-13,15H,3,14H2,1-2H3. The molecular formula is C25H21F2N5O2S. The molecule has 2 aromatic carbocycles. The van der Waals surface area contributed by atoms with Crippen molar-refractivity contribution in [2.45, 2.75) is 19.6 Å². The number of halogens is 2. The number of benzene rings is 2. The minimum absolute atomic E-state index is 0.0152. The van der Waals surface area contributed by atoms with Crippen molar-refractivity contribution in [2.75, 3.05) is 5.75 Å². The van der Waals surface area contributed by atoms with Gasteiger partial charge in [0.15, 0.2) is 9.84 Å². The second-order valence-corrected chi connectivity index (χ2v) is 10.6. The molecule has 0 amide bonds. The third kappa shape index (κ3) is 4.57. The molecule has 0 fully saturated rings. The van der Waals surface area contributed by atoms with E-state index < -0.39 is 21.5 Å². The van der Waals surface area contributed by atoms with Gasteiger partial charge in [0.2, 0.25) is 0 Å². The van der Waals surface area contributed by atoms with Gasteiger partial charge >= 0.3 is 0 Å². The first-order valence-electron chi connectivity index (χ1n) is 10.9. The van der Waals surface area contributed by atoms with E-state index in [2.05, 4.69) is 15.2 Å². The summed E-state index contributed by atoms with van der Waals surface area (Å²) in [4.78, 5) is 4.14. The number of pyridine rings is 1. The first-order valence-corrected chi connectivity index (χ1v) is 12.7. The summed E-state index contributed by atoms with van der Waals surface area (Å²) in [6, 6.07) is 12.2. The van der Waals surface area contributed by atoms with Gasteiger partial charge in [-0.05, 0) is 66.1 Å². The van der Waals surface area contributed by atoms with E-state index in [1.165, 1.54) is 12.1 Å². The van der Waals surface area contributed by atoms with Crippen molar-refractivity contribution >= 4 is 15.4 Å². The number of hydrogen-bond acceptors (Lipinski definition) is 5. The molecule has 3 heterocycles. The Kier molecular flexibility index (Phi) is 5.68. The Morgan fingerprint density at radius 1 is 0.971 bits per heavy atom. The first-order chi connectivity index (χ1) is 16.7. The lowest BCUT2D eigenvalue weighted by atomic mass is 9.96. The molecule has 10 heteroatoms. The molecule has 0 atom stereocenters. The number of nitrogens with zero attached hydrogens (tertiary/aromatic N) is 5. The molecule has 0 radical (unpaired) electrons. The molecule has 0 unspecified atom stereocenters. The fourth-order valence-electron chi connectivity index (χ4n) is 3.97. The van der Waals surface area contributed by atoms with Gasteiger partial charge in [0.25, 0.3) is 0 Å². The second-order valence-electron chi connectivity index (χ2n) is 8.23. The molecule has 0 saturated carbocycles. The van der Waals surface area contributed by atoms with Crippen LogP contribution >= 0.6 is 0 Å². The number of sulfone groups is 1. The highest BCUT2D eigenvalue weighted by Gasteiger charge is 2.16. The first kappa shape index (κ1) is 22.9. The van der Waals surface area contributed by atoms with Gasteiger partial charge in [-0.2, -0.15) is 10.2 Å². The van der Waals surface area contributed by atoms with Crippen LogP contribution in [0.25, 0.3) is 33.5 Å². The van der Waals surface area contributed by atoms with Gasteiger partial charge in [-0.25, -0.2) is 31.4 Å². The molecule has 0 aliphatic carbocycles. The van der Waals surface area contributed by atoms with Crippen LogP contribution in [0.5, 0.6) is 0 Å². The van der Waals surface area contributed by atoms with Crippen LogP contribution in [0.1, 0.15) is 18.3 Å². The Labute approximate surface area is 200 Å². The predicted molar refractivity (Wildman–Crippen MR) is 129 cm³/mol. The zero-order valence-corrected chi connectivity index (χ0v) is 19.8. The molecule has 0 spiro atoms. The normalized spacial score (nSPS) is 11.9. The van der Waals surface area contributed by atoms with Crippen LogP contribution in [-0.2, 0) is 15.6 Å². The fourth-order valence-corrected chi connectivity index (χ4v) is 4.85. The number of aromatic nitrogens is 5. The number of rotatable bonds is 6. The summed E-state index contributed by atoms with van der Waals surface area (Å²) in [6.07, 6.45) is 5.09. The monoisotopic (exact) mass is 493 g/mol. The molecule has 35 heavy (non-hydrogen) atoms. The van der Waals surface area contributed by atoms with Crippen molar-refractivity contribution in [1.82, 2.24) is 24.4 Å². The highest BCUT2D eigenvalue weighted by Crippen LogP contribution is 2.33. The second kappa shape index (κ2) is 8.70. The fraction of sp³-hybridized carbons (Fsp3) is 0.160. The van der Waals surface area contributed by atoms with Crippen LogP contribution in [0.3, 0.4) is 0 Å². The van der Waals surface area contributed by atoms with Crippen molar-refractivity contribution in [1.29, 1.82) is 0 Å². The minimum Gasteiger partial charge on any atom is -0.238 e. The Balaban J connectivity index is 1.65. The quantitative estimate of drug-likeness (QED) is 0.340. The zero-order valence-electron chi connectivity index (χ0n) is 19.0. The van der Waals surface area contributed by atoms with E-state index in [4.69, 9.17) is 0 Å². The molecule has 5 aromatic rings. The van der Waals surface area contributed by atoms with E-state index >= 15 is 0 Å². The SMILES string of the molecule is CCS(=O)(=O)Cc1cc(-c2ccc(F)cc2F)cc(-c2cnn3cc(-n4cnc(C)n4)ccc23)c1. The van der Waals surface area contributed by atoms with E-state index in [0.29, 0.717) is 22.5 Å². The zero-order chi connectivity index (χ0) is 24.7. The molecule has 0 aliphatic rings. The van der Waals surface area contributed by atoms with E-state index in [9.17, 15) is 17.2 Å². The van der Waals surface area contributed by atoms with Gasteiger partial charge in [-0.3, -0.25) is 0 Å². The van der Waals surface area contributed by atoms with Gasteiger partial charge in [-0.1, -0.05) is 6.92 Å². The Hall–Kier alpha value is -3.92. The van der Waals surface area contributed by atoms with Gasteiger partial charge in [0, 0.05) is 22.9 Å². The molecule has 0 aliphatic heterocycles. The van der Waals surface area contributed by atoms with Crippen molar-refractivity contribution in [3.63, 3.8) is 0 Å². The lowest BCUT2D eigenvalue weighted by Gasteiger charge is -2.11. The van der Waals surface area contributed by atoms with Crippen molar-refractivity contribution in [3.05, 3.63) is 90.3 Å². The van der Waals surface area contributed by atoms with Crippen LogP contribution in [0.4, 0.5) is 8.78 Å². The van der Waals surface area contributed by atoms with Crippen LogP contribution in [0.15, 0.2) is 67.3 Å². The summed E-state index contributed by atoms with van der Waals surface area (Å²) >= 11 is 0. The number of aryl methyl sites for hydroxylation is 1. The third-order valence-corrected chi connectivity index (χ3v) is 7.40. The number of hydrogen-bond donors (Lipinski definition) is 0.